The van der Waals surface area contributed by atoms with Crippen LogP contribution in [-0.2, 0) is 15.7 Å². The number of pyridine rings is 1. The summed E-state index contributed by atoms with van der Waals surface area (Å²) in [6, 6.07) is 0.172. The standard InChI is InChI=1S/C13H17F3N2O3/c1-12(2,3)21-11(20)8(17)10(19)9-7(13(14,15)16)5-4-6-18-9/h4-6,8,10,19H,17H2,1-3H3/t8-,10+/m1/s1. The minimum atomic E-state index is -4.71. The van der Waals surface area contributed by atoms with Crippen LogP contribution in [0.5, 0.6) is 0 Å². The first kappa shape index (κ1) is 17.4. The predicted molar refractivity (Wildman–Crippen MR) is 68.0 cm³/mol. The fourth-order valence-corrected chi connectivity index (χ4v) is 1.56. The maximum absolute atomic E-state index is 12.8. The lowest BCUT2D eigenvalue weighted by molar-refractivity contribution is -0.160. The van der Waals surface area contributed by atoms with Crippen molar-refractivity contribution in [2.24, 2.45) is 5.73 Å². The van der Waals surface area contributed by atoms with Gasteiger partial charge in [0.2, 0.25) is 0 Å². The molecule has 8 heteroatoms. The van der Waals surface area contributed by atoms with Crippen LogP contribution in [0.4, 0.5) is 13.2 Å². The number of halogens is 3. The molecule has 0 spiro atoms. The number of esters is 1. The Morgan fingerprint density at radius 2 is 1.95 bits per heavy atom. The van der Waals surface area contributed by atoms with Crippen LogP contribution in [0.25, 0.3) is 0 Å². The Hall–Kier alpha value is -1.67. The van der Waals surface area contributed by atoms with Gasteiger partial charge in [0.15, 0.2) is 0 Å². The third kappa shape index (κ3) is 4.68. The van der Waals surface area contributed by atoms with Crippen molar-refractivity contribution in [3.63, 3.8) is 0 Å². The highest BCUT2D eigenvalue weighted by Crippen LogP contribution is 2.34. The number of carbonyl (C=O) groups excluding carboxylic acids is 1. The van der Waals surface area contributed by atoms with Crippen LogP contribution in [0.15, 0.2) is 18.3 Å². The number of nitrogens with two attached hydrogens (primary N) is 1. The minimum absolute atomic E-state index is 0.705. The van der Waals surface area contributed by atoms with E-state index in [0.717, 1.165) is 18.3 Å². The van der Waals surface area contributed by atoms with Crippen LogP contribution < -0.4 is 5.73 Å². The zero-order chi connectivity index (χ0) is 16.4. The molecule has 118 valence electrons. The van der Waals surface area contributed by atoms with Crippen molar-refractivity contribution in [1.29, 1.82) is 0 Å². The first-order valence-corrected chi connectivity index (χ1v) is 6.12. The largest absolute Gasteiger partial charge is 0.459 e. The predicted octanol–water partition coefficient (Wildman–Crippen LogP) is 1.80. The van der Waals surface area contributed by atoms with Crippen molar-refractivity contribution in [3.8, 4) is 0 Å². The summed E-state index contributed by atoms with van der Waals surface area (Å²) < 4.78 is 43.4. The Morgan fingerprint density at radius 3 is 2.43 bits per heavy atom. The quantitative estimate of drug-likeness (QED) is 0.832. The summed E-state index contributed by atoms with van der Waals surface area (Å²) in [6.07, 6.45) is -5.55. The molecule has 0 fully saturated rings. The van der Waals surface area contributed by atoms with Gasteiger partial charge in [-0.15, -0.1) is 0 Å². The fourth-order valence-electron chi connectivity index (χ4n) is 1.56. The lowest BCUT2D eigenvalue weighted by Crippen LogP contribution is -2.42. The van der Waals surface area contributed by atoms with Gasteiger partial charge in [0.25, 0.3) is 0 Å². The highest BCUT2D eigenvalue weighted by Gasteiger charge is 2.39. The molecule has 0 unspecified atom stereocenters. The number of aliphatic hydroxyl groups excluding tert-OH is 1. The molecular weight excluding hydrogens is 289 g/mol. The molecule has 0 amide bonds. The van der Waals surface area contributed by atoms with Gasteiger partial charge in [-0.25, -0.2) is 0 Å². The zero-order valence-corrected chi connectivity index (χ0v) is 11.8. The van der Waals surface area contributed by atoms with Crippen LogP contribution in [0.3, 0.4) is 0 Å². The molecule has 21 heavy (non-hydrogen) atoms. The van der Waals surface area contributed by atoms with Crippen molar-refractivity contribution in [2.45, 2.75) is 44.7 Å². The Bertz CT molecular complexity index is 512. The number of aliphatic hydroxyl groups is 1. The van der Waals surface area contributed by atoms with Gasteiger partial charge in [-0.2, -0.15) is 13.2 Å². The van der Waals surface area contributed by atoms with Crippen LogP contribution in [-0.4, -0.2) is 27.7 Å². The smallest absolute Gasteiger partial charge is 0.418 e. The molecule has 5 nitrogen and oxygen atoms in total. The number of carbonyl (C=O) groups is 1. The molecule has 0 aromatic carbocycles. The molecule has 0 radical (unpaired) electrons. The maximum Gasteiger partial charge on any atom is 0.418 e. The molecule has 0 aliphatic rings. The Balaban J connectivity index is 3.04. The fraction of sp³-hybridized carbons (Fsp3) is 0.538. The molecule has 0 aliphatic carbocycles. The molecule has 2 atom stereocenters. The van der Waals surface area contributed by atoms with E-state index in [-0.39, 0.29) is 0 Å². The van der Waals surface area contributed by atoms with Crippen molar-refractivity contribution < 1.29 is 27.8 Å². The summed E-state index contributed by atoms with van der Waals surface area (Å²) in [7, 11) is 0. The molecule has 0 saturated heterocycles. The first-order chi connectivity index (χ1) is 9.43. The summed E-state index contributed by atoms with van der Waals surface area (Å²) in [5.74, 6) is -1.01. The molecule has 1 aromatic rings. The van der Waals surface area contributed by atoms with Gasteiger partial charge in [0.05, 0.1) is 11.3 Å². The summed E-state index contributed by atoms with van der Waals surface area (Å²) >= 11 is 0. The van der Waals surface area contributed by atoms with E-state index in [9.17, 15) is 23.1 Å². The molecule has 1 aromatic heterocycles. The second kappa shape index (κ2) is 5.98. The van der Waals surface area contributed by atoms with Crippen molar-refractivity contribution >= 4 is 5.97 Å². The van der Waals surface area contributed by atoms with Crippen LogP contribution >= 0.6 is 0 Å². The molecular formula is C13H17F3N2O3. The number of hydrogen-bond acceptors (Lipinski definition) is 5. The number of hydrogen-bond donors (Lipinski definition) is 2. The number of rotatable bonds is 3. The second-order valence-electron chi connectivity index (χ2n) is 5.44. The van der Waals surface area contributed by atoms with Crippen molar-refractivity contribution in [2.75, 3.05) is 0 Å². The monoisotopic (exact) mass is 306 g/mol. The number of alkyl halides is 3. The molecule has 0 bridgehead atoms. The maximum atomic E-state index is 12.8. The van der Waals surface area contributed by atoms with Gasteiger partial charge in [-0.05, 0) is 32.9 Å². The highest BCUT2D eigenvalue weighted by atomic mass is 19.4. The van der Waals surface area contributed by atoms with Crippen molar-refractivity contribution in [1.82, 2.24) is 4.98 Å². The van der Waals surface area contributed by atoms with Crippen LogP contribution in [0.1, 0.15) is 38.1 Å². The van der Waals surface area contributed by atoms with E-state index >= 15 is 0 Å². The summed E-state index contributed by atoms with van der Waals surface area (Å²) in [6.45, 7) is 4.73. The van der Waals surface area contributed by atoms with Gasteiger partial charge in [0, 0.05) is 6.20 Å². The lowest BCUT2D eigenvalue weighted by atomic mass is 10.0. The molecule has 3 N–H and O–H groups in total. The molecule has 1 rings (SSSR count). The summed E-state index contributed by atoms with van der Waals surface area (Å²) in [4.78, 5) is 15.2. The second-order valence-corrected chi connectivity index (χ2v) is 5.44. The van der Waals surface area contributed by atoms with E-state index in [1.165, 1.54) is 0 Å². The van der Waals surface area contributed by atoms with Gasteiger partial charge in [-0.3, -0.25) is 9.78 Å². The van der Waals surface area contributed by atoms with Crippen LogP contribution in [0.2, 0.25) is 0 Å². The van der Waals surface area contributed by atoms with Gasteiger partial charge in [0.1, 0.15) is 17.7 Å². The van der Waals surface area contributed by atoms with Crippen LogP contribution in [0, 0.1) is 0 Å². The van der Waals surface area contributed by atoms with E-state index in [0.29, 0.717) is 0 Å². The van der Waals surface area contributed by atoms with E-state index in [1.807, 2.05) is 0 Å². The third-order valence-electron chi connectivity index (χ3n) is 2.44. The average molecular weight is 306 g/mol. The SMILES string of the molecule is CC(C)(C)OC(=O)[C@H](N)[C@H](O)c1ncccc1C(F)(F)F. The van der Waals surface area contributed by atoms with Gasteiger partial charge in [-0.1, -0.05) is 0 Å². The molecule has 0 saturated carbocycles. The average Bonchev–Trinajstić information content (AvgIpc) is 2.34. The van der Waals surface area contributed by atoms with Gasteiger partial charge >= 0.3 is 12.1 Å². The van der Waals surface area contributed by atoms with Gasteiger partial charge < -0.3 is 15.6 Å². The molecule has 0 aliphatic heterocycles. The Kier molecular flexibility index (Phi) is 4.95. The topological polar surface area (TPSA) is 85.4 Å². The third-order valence-corrected chi connectivity index (χ3v) is 2.44. The normalized spacial score (nSPS) is 15.4. The molecule has 1 heterocycles. The number of ether oxygens (including phenoxy) is 1. The number of nitrogens with zero attached hydrogens (tertiary/aromatic N) is 1. The van der Waals surface area contributed by atoms with E-state index in [2.05, 4.69) is 4.98 Å². The lowest BCUT2D eigenvalue weighted by Gasteiger charge is -2.25. The highest BCUT2D eigenvalue weighted by molar-refractivity contribution is 5.77. The zero-order valence-electron chi connectivity index (χ0n) is 11.8. The number of aromatic nitrogens is 1. The first-order valence-electron chi connectivity index (χ1n) is 6.12. The minimum Gasteiger partial charge on any atom is -0.459 e. The van der Waals surface area contributed by atoms with E-state index < -0.39 is 41.1 Å². The summed E-state index contributed by atoms with van der Waals surface area (Å²) in [5, 5.41) is 9.91. The van der Waals surface area contributed by atoms with E-state index in [4.69, 9.17) is 10.5 Å². The van der Waals surface area contributed by atoms with Crippen molar-refractivity contribution in [3.05, 3.63) is 29.6 Å². The Morgan fingerprint density at radius 1 is 1.38 bits per heavy atom. The Labute approximate surface area is 119 Å². The van der Waals surface area contributed by atoms with E-state index in [1.54, 1.807) is 20.8 Å². The summed E-state index contributed by atoms with van der Waals surface area (Å²) in [5.41, 5.74) is 2.76.